The first kappa shape index (κ1) is 13.2. The van der Waals surface area contributed by atoms with E-state index in [4.69, 9.17) is 4.74 Å². The van der Waals surface area contributed by atoms with Crippen molar-refractivity contribution >= 4 is 22.1 Å². The van der Waals surface area contributed by atoms with Gasteiger partial charge in [0.15, 0.2) is 0 Å². The molecule has 1 unspecified atom stereocenters. The topological polar surface area (TPSA) is 29.5 Å². The van der Waals surface area contributed by atoms with E-state index in [0.29, 0.717) is 0 Å². The largest absolute Gasteiger partial charge is 0.497 e. The number of aryl methyl sites for hydroxylation is 1. The summed E-state index contributed by atoms with van der Waals surface area (Å²) in [5, 5.41) is 14.7. The van der Waals surface area contributed by atoms with Gasteiger partial charge in [-0.3, -0.25) is 0 Å². The van der Waals surface area contributed by atoms with Crippen molar-refractivity contribution < 1.29 is 9.84 Å². The van der Waals surface area contributed by atoms with E-state index in [0.717, 1.165) is 32.5 Å². The van der Waals surface area contributed by atoms with Crippen molar-refractivity contribution in [2.75, 3.05) is 7.11 Å². The summed E-state index contributed by atoms with van der Waals surface area (Å²) in [5.41, 5.74) is 1.91. The molecule has 102 valence electrons. The second-order valence-corrected chi connectivity index (χ2v) is 5.93. The molecule has 20 heavy (non-hydrogen) atoms. The number of fused-ring (bicyclic) bond motifs is 1. The number of thiophene rings is 1. The van der Waals surface area contributed by atoms with E-state index in [2.05, 4.69) is 0 Å². The van der Waals surface area contributed by atoms with Crippen LogP contribution in [0.4, 0.5) is 0 Å². The monoisotopic (exact) mass is 284 g/mol. The van der Waals surface area contributed by atoms with Crippen LogP contribution in [0, 0.1) is 6.92 Å². The summed E-state index contributed by atoms with van der Waals surface area (Å²) in [4.78, 5) is 1.16. The molecule has 1 heterocycles. The van der Waals surface area contributed by atoms with Gasteiger partial charge in [-0.2, -0.15) is 0 Å². The maximum atomic E-state index is 10.5. The smallest absolute Gasteiger partial charge is 0.119 e. The molecular formula is C17H16O2S. The van der Waals surface area contributed by atoms with Crippen LogP contribution in [0.15, 0.2) is 47.8 Å². The van der Waals surface area contributed by atoms with Crippen LogP contribution in [-0.4, -0.2) is 12.2 Å². The van der Waals surface area contributed by atoms with E-state index in [1.165, 1.54) is 0 Å². The molecule has 2 aromatic carbocycles. The molecule has 3 aromatic rings. The number of hydrogen-bond donors (Lipinski definition) is 1. The summed E-state index contributed by atoms with van der Waals surface area (Å²) < 4.78 is 5.23. The van der Waals surface area contributed by atoms with Gasteiger partial charge in [0.2, 0.25) is 0 Å². The van der Waals surface area contributed by atoms with Crippen molar-refractivity contribution in [3.05, 3.63) is 63.8 Å². The van der Waals surface area contributed by atoms with Crippen molar-refractivity contribution in [3.63, 3.8) is 0 Å². The third kappa shape index (κ3) is 2.30. The average Bonchev–Trinajstić information content (AvgIpc) is 2.91. The molecule has 1 atom stereocenters. The van der Waals surface area contributed by atoms with Gasteiger partial charge < -0.3 is 9.84 Å². The van der Waals surface area contributed by atoms with E-state index >= 15 is 0 Å². The van der Waals surface area contributed by atoms with Gasteiger partial charge in [0, 0.05) is 4.88 Å². The van der Waals surface area contributed by atoms with Crippen molar-refractivity contribution in [2.24, 2.45) is 0 Å². The second-order valence-electron chi connectivity index (χ2n) is 4.81. The van der Waals surface area contributed by atoms with Crippen LogP contribution in [0.5, 0.6) is 5.75 Å². The van der Waals surface area contributed by atoms with Gasteiger partial charge in [-0.1, -0.05) is 18.2 Å². The lowest BCUT2D eigenvalue weighted by molar-refractivity contribution is 0.220. The lowest BCUT2D eigenvalue weighted by atomic mass is 9.99. The third-order valence-electron chi connectivity index (χ3n) is 3.58. The van der Waals surface area contributed by atoms with Crippen LogP contribution in [-0.2, 0) is 0 Å². The molecule has 0 saturated carbocycles. The highest BCUT2D eigenvalue weighted by Gasteiger charge is 2.14. The summed E-state index contributed by atoms with van der Waals surface area (Å²) in [7, 11) is 1.67. The molecule has 0 amide bonds. The fourth-order valence-electron chi connectivity index (χ4n) is 2.40. The van der Waals surface area contributed by atoms with Crippen molar-refractivity contribution in [1.82, 2.24) is 0 Å². The molecule has 0 spiro atoms. The van der Waals surface area contributed by atoms with Crippen molar-refractivity contribution in [3.8, 4) is 5.75 Å². The molecule has 0 fully saturated rings. The third-order valence-corrected chi connectivity index (χ3v) is 4.44. The van der Waals surface area contributed by atoms with Crippen LogP contribution in [0.25, 0.3) is 10.8 Å². The Morgan fingerprint density at radius 2 is 1.80 bits per heavy atom. The molecule has 0 bridgehead atoms. The van der Waals surface area contributed by atoms with E-state index in [1.807, 2.05) is 54.8 Å². The summed E-state index contributed by atoms with van der Waals surface area (Å²) in [6.45, 7) is 2.04. The maximum absolute atomic E-state index is 10.5. The Morgan fingerprint density at radius 1 is 1.05 bits per heavy atom. The van der Waals surface area contributed by atoms with E-state index in [-0.39, 0.29) is 0 Å². The summed E-state index contributed by atoms with van der Waals surface area (Å²) in [6, 6.07) is 14.0. The highest BCUT2D eigenvalue weighted by molar-refractivity contribution is 7.10. The highest BCUT2D eigenvalue weighted by Crippen LogP contribution is 2.30. The second kappa shape index (κ2) is 5.27. The molecule has 0 aliphatic heterocycles. The fourth-order valence-corrected chi connectivity index (χ4v) is 3.13. The summed E-state index contributed by atoms with van der Waals surface area (Å²) in [6.07, 6.45) is -0.562. The molecule has 1 N–H and O–H groups in total. The summed E-state index contributed by atoms with van der Waals surface area (Å²) >= 11 is 1.66. The Morgan fingerprint density at radius 3 is 2.50 bits per heavy atom. The normalized spacial score (nSPS) is 12.6. The number of aliphatic hydroxyl groups excluding tert-OH is 1. The van der Waals surface area contributed by atoms with Crippen LogP contribution in [0.3, 0.4) is 0 Å². The molecule has 3 heteroatoms. The number of benzene rings is 2. The van der Waals surface area contributed by atoms with Crippen LogP contribution >= 0.6 is 11.3 Å². The zero-order valence-corrected chi connectivity index (χ0v) is 12.3. The van der Waals surface area contributed by atoms with Gasteiger partial charge >= 0.3 is 0 Å². The van der Waals surface area contributed by atoms with Gasteiger partial charge in [0.1, 0.15) is 11.9 Å². The molecule has 0 aliphatic carbocycles. The minimum atomic E-state index is -0.562. The standard InChI is InChI=1S/C17H16O2S/c1-11-16(7-8-20-11)17(18)14-4-3-13-10-15(19-2)6-5-12(13)9-14/h3-10,17-18H,1-2H3. The molecule has 0 saturated heterocycles. The minimum Gasteiger partial charge on any atom is -0.497 e. The van der Waals surface area contributed by atoms with Crippen LogP contribution < -0.4 is 4.74 Å². The molecule has 0 radical (unpaired) electrons. The Balaban J connectivity index is 2.03. The Bertz CT molecular complexity index is 746. The number of hydrogen-bond acceptors (Lipinski definition) is 3. The molecule has 2 nitrogen and oxygen atoms in total. The predicted molar refractivity (Wildman–Crippen MR) is 83.6 cm³/mol. The first-order valence-electron chi connectivity index (χ1n) is 6.49. The predicted octanol–water partition coefficient (Wildman–Crippen LogP) is 4.30. The number of methoxy groups -OCH3 is 1. The summed E-state index contributed by atoms with van der Waals surface area (Å²) in [5.74, 6) is 0.847. The number of rotatable bonds is 3. The molecule has 0 aliphatic rings. The molecule has 3 rings (SSSR count). The SMILES string of the molecule is COc1ccc2cc(C(O)c3ccsc3C)ccc2c1. The number of ether oxygens (including phenoxy) is 1. The molecular weight excluding hydrogens is 268 g/mol. The quantitative estimate of drug-likeness (QED) is 0.777. The van der Waals surface area contributed by atoms with Crippen molar-refractivity contribution in [2.45, 2.75) is 13.0 Å². The first-order chi connectivity index (χ1) is 9.69. The van der Waals surface area contributed by atoms with Gasteiger partial charge in [-0.15, -0.1) is 11.3 Å². The lowest BCUT2D eigenvalue weighted by Crippen LogP contribution is -1.99. The highest BCUT2D eigenvalue weighted by atomic mass is 32.1. The average molecular weight is 284 g/mol. The Labute approximate surface area is 122 Å². The van der Waals surface area contributed by atoms with E-state index < -0.39 is 6.10 Å². The van der Waals surface area contributed by atoms with E-state index in [1.54, 1.807) is 18.4 Å². The maximum Gasteiger partial charge on any atom is 0.119 e. The minimum absolute atomic E-state index is 0.562. The van der Waals surface area contributed by atoms with Gasteiger partial charge in [-0.05, 0) is 58.5 Å². The Hall–Kier alpha value is -1.84. The van der Waals surface area contributed by atoms with Gasteiger partial charge in [0.25, 0.3) is 0 Å². The van der Waals surface area contributed by atoms with Crippen LogP contribution in [0.1, 0.15) is 22.1 Å². The van der Waals surface area contributed by atoms with Crippen LogP contribution in [0.2, 0.25) is 0 Å². The first-order valence-corrected chi connectivity index (χ1v) is 7.37. The van der Waals surface area contributed by atoms with Gasteiger partial charge in [-0.25, -0.2) is 0 Å². The van der Waals surface area contributed by atoms with E-state index in [9.17, 15) is 5.11 Å². The Kier molecular flexibility index (Phi) is 3.47. The molecule has 1 aromatic heterocycles. The zero-order valence-electron chi connectivity index (χ0n) is 11.5. The zero-order chi connectivity index (χ0) is 14.1. The lowest BCUT2D eigenvalue weighted by Gasteiger charge is -2.12. The van der Waals surface area contributed by atoms with Gasteiger partial charge in [0.05, 0.1) is 7.11 Å². The fraction of sp³-hybridized carbons (Fsp3) is 0.176. The number of aliphatic hydroxyl groups is 1. The van der Waals surface area contributed by atoms with Crippen molar-refractivity contribution in [1.29, 1.82) is 0 Å².